The van der Waals surface area contributed by atoms with Gasteiger partial charge in [-0.3, -0.25) is 4.79 Å². The lowest BCUT2D eigenvalue weighted by Gasteiger charge is -2.12. The molecule has 0 aliphatic heterocycles. The molecule has 2 rings (SSSR count). The Hall–Kier alpha value is -2.89. The number of ether oxygens (including phenoxy) is 1. The average Bonchev–Trinajstić information content (AvgIpc) is 2.40. The average molecular weight is 289 g/mol. The van der Waals surface area contributed by atoms with Crippen LogP contribution in [0.25, 0.3) is 0 Å². The molecule has 6 heteroatoms. The van der Waals surface area contributed by atoms with E-state index in [0.717, 1.165) is 6.07 Å². The summed E-state index contributed by atoms with van der Waals surface area (Å²) in [7, 11) is 0. The van der Waals surface area contributed by atoms with Gasteiger partial charge in [0.05, 0.1) is 5.56 Å². The number of hydrogen-bond donors (Lipinski definition) is 2. The molecule has 0 saturated heterocycles. The van der Waals surface area contributed by atoms with E-state index in [1.54, 1.807) is 6.92 Å². The van der Waals surface area contributed by atoms with Crippen molar-refractivity contribution in [3.8, 4) is 11.5 Å². The Labute approximate surface area is 119 Å². The minimum atomic E-state index is -1.06. The Balaban J connectivity index is 2.42. The zero-order valence-electron chi connectivity index (χ0n) is 11.1. The number of hydrogen-bond acceptors (Lipinski definition) is 3. The van der Waals surface area contributed by atoms with Crippen molar-refractivity contribution < 1.29 is 23.8 Å². The van der Waals surface area contributed by atoms with Gasteiger partial charge in [-0.25, -0.2) is 9.18 Å². The normalized spacial score (nSPS) is 10.2. The number of aromatic carboxylic acids is 1. The summed E-state index contributed by atoms with van der Waals surface area (Å²) in [6.07, 6.45) is 0. The first-order valence-electron chi connectivity index (χ1n) is 6.00. The number of carbonyl (C=O) groups is 2. The number of halogens is 1. The maximum Gasteiger partial charge on any atom is 0.335 e. The summed E-state index contributed by atoms with van der Waals surface area (Å²) < 4.78 is 19.1. The van der Waals surface area contributed by atoms with E-state index in [2.05, 4.69) is 0 Å². The Bertz CT molecular complexity index is 728. The molecule has 0 bridgehead atoms. The van der Waals surface area contributed by atoms with Crippen LogP contribution in [0.1, 0.15) is 26.3 Å². The molecule has 0 unspecified atom stereocenters. The Morgan fingerprint density at radius 2 is 1.90 bits per heavy atom. The molecule has 0 heterocycles. The molecule has 108 valence electrons. The summed E-state index contributed by atoms with van der Waals surface area (Å²) in [5, 5.41) is 8.89. The van der Waals surface area contributed by atoms with Gasteiger partial charge in [-0.05, 0) is 42.8 Å². The summed E-state index contributed by atoms with van der Waals surface area (Å²) in [5.74, 6) is -2.49. The minimum absolute atomic E-state index is 0.0197. The fourth-order valence-electron chi connectivity index (χ4n) is 1.84. The van der Waals surface area contributed by atoms with E-state index < -0.39 is 17.7 Å². The number of carboxylic acid groups (broad SMARTS) is 1. The summed E-state index contributed by atoms with van der Waals surface area (Å²) in [6, 6.07) is 8.11. The highest BCUT2D eigenvalue weighted by molar-refractivity contribution is 5.96. The smallest absolute Gasteiger partial charge is 0.335 e. The van der Waals surface area contributed by atoms with Crippen molar-refractivity contribution in [1.82, 2.24) is 0 Å². The summed E-state index contributed by atoms with van der Waals surface area (Å²) in [6.45, 7) is 1.64. The van der Waals surface area contributed by atoms with E-state index in [4.69, 9.17) is 15.6 Å². The number of carbonyl (C=O) groups excluding carboxylic acids is 1. The van der Waals surface area contributed by atoms with Crippen LogP contribution in [0, 0.1) is 12.7 Å². The summed E-state index contributed by atoms with van der Waals surface area (Å²) in [4.78, 5) is 22.1. The van der Waals surface area contributed by atoms with Gasteiger partial charge < -0.3 is 15.6 Å². The maximum absolute atomic E-state index is 13.6. The van der Waals surface area contributed by atoms with Crippen LogP contribution in [0.4, 0.5) is 4.39 Å². The third-order valence-electron chi connectivity index (χ3n) is 2.86. The van der Waals surface area contributed by atoms with Gasteiger partial charge in [0, 0.05) is 0 Å². The summed E-state index contributed by atoms with van der Waals surface area (Å²) >= 11 is 0. The van der Waals surface area contributed by atoms with E-state index in [1.165, 1.54) is 30.3 Å². The second-order valence-corrected chi connectivity index (χ2v) is 4.36. The van der Waals surface area contributed by atoms with E-state index in [9.17, 15) is 14.0 Å². The Morgan fingerprint density at radius 1 is 1.19 bits per heavy atom. The van der Waals surface area contributed by atoms with Crippen LogP contribution in [0.15, 0.2) is 36.4 Å². The highest BCUT2D eigenvalue weighted by atomic mass is 19.1. The zero-order valence-corrected chi connectivity index (χ0v) is 11.1. The predicted molar refractivity (Wildman–Crippen MR) is 73.1 cm³/mol. The van der Waals surface area contributed by atoms with Gasteiger partial charge in [0.1, 0.15) is 22.9 Å². The minimum Gasteiger partial charge on any atom is -0.478 e. The molecular formula is C15H12FNO4. The second-order valence-electron chi connectivity index (χ2n) is 4.36. The van der Waals surface area contributed by atoms with Crippen LogP contribution in [-0.2, 0) is 0 Å². The molecule has 0 saturated carbocycles. The Morgan fingerprint density at radius 3 is 2.48 bits per heavy atom. The lowest BCUT2D eigenvalue weighted by molar-refractivity contribution is 0.0696. The molecule has 0 aliphatic rings. The van der Waals surface area contributed by atoms with Crippen LogP contribution in [-0.4, -0.2) is 17.0 Å². The first-order valence-corrected chi connectivity index (χ1v) is 6.00. The molecule has 21 heavy (non-hydrogen) atoms. The van der Waals surface area contributed by atoms with Crippen LogP contribution in [0.2, 0.25) is 0 Å². The highest BCUT2D eigenvalue weighted by Gasteiger charge is 2.16. The largest absolute Gasteiger partial charge is 0.478 e. The molecule has 5 nitrogen and oxygen atoms in total. The van der Waals surface area contributed by atoms with Gasteiger partial charge in [-0.2, -0.15) is 0 Å². The van der Waals surface area contributed by atoms with Gasteiger partial charge >= 0.3 is 5.97 Å². The molecule has 0 aliphatic carbocycles. The molecule has 0 radical (unpaired) electrons. The molecule has 2 aromatic rings. The zero-order chi connectivity index (χ0) is 15.6. The van der Waals surface area contributed by atoms with Gasteiger partial charge in [-0.1, -0.05) is 6.07 Å². The number of nitrogens with two attached hydrogens (primary N) is 1. The van der Waals surface area contributed by atoms with E-state index in [0.29, 0.717) is 11.3 Å². The van der Waals surface area contributed by atoms with Crippen molar-refractivity contribution in [2.75, 3.05) is 0 Å². The summed E-state index contributed by atoms with van der Waals surface area (Å²) in [5.41, 5.74) is 5.43. The van der Waals surface area contributed by atoms with Crippen LogP contribution in [0.5, 0.6) is 11.5 Å². The topological polar surface area (TPSA) is 89.6 Å². The molecule has 0 spiro atoms. The van der Waals surface area contributed by atoms with Crippen molar-refractivity contribution in [2.45, 2.75) is 6.92 Å². The lowest BCUT2D eigenvalue weighted by Crippen LogP contribution is -2.14. The number of aryl methyl sites for hydroxylation is 1. The number of benzene rings is 2. The van der Waals surface area contributed by atoms with Gasteiger partial charge in [0.25, 0.3) is 5.91 Å². The Kier molecular flexibility index (Phi) is 3.89. The first-order chi connectivity index (χ1) is 9.90. The van der Waals surface area contributed by atoms with E-state index in [1.807, 2.05) is 0 Å². The molecule has 3 N–H and O–H groups in total. The molecule has 1 amide bonds. The molecule has 0 aromatic heterocycles. The van der Waals surface area contributed by atoms with Crippen molar-refractivity contribution in [3.63, 3.8) is 0 Å². The van der Waals surface area contributed by atoms with Crippen molar-refractivity contribution in [1.29, 1.82) is 0 Å². The third kappa shape index (κ3) is 3.00. The number of primary amides is 1. The molecule has 2 aromatic carbocycles. The monoisotopic (exact) mass is 289 g/mol. The SMILES string of the molecule is Cc1cc(C(=O)O)ccc1Oc1cccc(F)c1C(N)=O. The van der Waals surface area contributed by atoms with Crippen LogP contribution >= 0.6 is 0 Å². The third-order valence-corrected chi connectivity index (χ3v) is 2.86. The maximum atomic E-state index is 13.6. The molecular weight excluding hydrogens is 277 g/mol. The van der Waals surface area contributed by atoms with Crippen molar-refractivity contribution in [2.24, 2.45) is 5.73 Å². The number of rotatable bonds is 4. The van der Waals surface area contributed by atoms with E-state index in [-0.39, 0.29) is 16.9 Å². The van der Waals surface area contributed by atoms with Crippen LogP contribution in [0.3, 0.4) is 0 Å². The van der Waals surface area contributed by atoms with Crippen molar-refractivity contribution in [3.05, 3.63) is 58.9 Å². The quantitative estimate of drug-likeness (QED) is 0.905. The lowest BCUT2D eigenvalue weighted by atomic mass is 10.1. The fourth-order valence-corrected chi connectivity index (χ4v) is 1.84. The van der Waals surface area contributed by atoms with Crippen molar-refractivity contribution >= 4 is 11.9 Å². The predicted octanol–water partition coefficient (Wildman–Crippen LogP) is 2.72. The molecule has 0 atom stereocenters. The standard InChI is InChI=1S/C15H12FNO4/c1-8-7-9(15(19)20)5-6-11(8)21-12-4-2-3-10(16)13(12)14(17)18/h2-7H,1H3,(H2,17,18)(H,19,20). The van der Waals surface area contributed by atoms with Gasteiger partial charge in [0.2, 0.25) is 0 Å². The molecule has 0 fully saturated rings. The number of amides is 1. The van der Waals surface area contributed by atoms with Gasteiger partial charge in [0.15, 0.2) is 0 Å². The first kappa shape index (κ1) is 14.5. The van der Waals surface area contributed by atoms with Gasteiger partial charge in [-0.15, -0.1) is 0 Å². The van der Waals surface area contributed by atoms with E-state index >= 15 is 0 Å². The second kappa shape index (κ2) is 5.62. The fraction of sp³-hybridized carbons (Fsp3) is 0.0667. The van der Waals surface area contributed by atoms with Crippen LogP contribution < -0.4 is 10.5 Å². The highest BCUT2D eigenvalue weighted by Crippen LogP contribution is 2.29. The number of carboxylic acids is 1.